The number of benzene rings is 1. The molecule has 0 saturated heterocycles. The molecule has 1 heterocycles. The number of hydrogen-bond donors (Lipinski definition) is 1. The molecular weight excluding hydrogens is 321 g/mol. The van der Waals surface area contributed by atoms with Gasteiger partial charge in [-0.25, -0.2) is 12.8 Å². The van der Waals surface area contributed by atoms with Crippen molar-refractivity contribution in [3.05, 3.63) is 45.5 Å². The number of rotatable bonds is 3. The fourth-order valence-corrected chi connectivity index (χ4v) is 3.56. The number of hydrogen-bond acceptors (Lipinski definition) is 3. The summed E-state index contributed by atoms with van der Waals surface area (Å²) in [6, 6.07) is 4.19. The fourth-order valence-electron chi connectivity index (χ4n) is 1.94. The van der Waals surface area contributed by atoms with E-state index in [1.54, 1.807) is 18.2 Å². The largest absolute Gasteiger partial charge is 0.303 e. The summed E-state index contributed by atoms with van der Waals surface area (Å²) in [5, 5.41) is 4.29. The van der Waals surface area contributed by atoms with E-state index in [0.717, 1.165) is 4.47 Å². The van der Waals surface area contributed by atoms with Gasteiger partial charge in [0.25, 0.3) is 0 Å². The van der Waals surface area contributed by atoms with Crippen molar-refractivity contribution in [2.75, 3.05) is 5.75 Å². The Morgan fingerprint density at radius 3 is 2.83 bits per heavy atom. The van der Waals surface area contributed by atoms with Crippen LogP contribution in [0.5, 0.6) is 0 Å². The Morgan fingerprint density at radius 2 is 2.22 bits per heavy atom. The van der Waals surface area contributed by atoms with Crippen LogP contribution < -0.4 is 5.32 Å². The maximum atomic E-state index is 13.6. The van der Waals surface area contributed by atoms with Crippen LogP contribution in [0.1, 0.15) is 18.5 Å². The van der Waals surface area contributed by atoms with Crippen molar-refractivity contribution < 1.29 is 12.8 Å². The Bertz CT molecular complexity index is 586. The van der Waals surface area contributed by atoms with Gasteiger partial charge in [-0.2, -0.15) is 0 Å². The molecule has 18 heavy (non-hydrogen) atoms. The van der Waals surface area contributed by atoms with Crippen LogP contribution in [0.4, 0.5) is 4.39 Å². The van der Waals surface area contributed by atoms with Gasteiger partial charge in [-0.3, -0.25) is 0 Å². The van der Waals surface area contributed by atoms with E-state index < -0.39 is 9.84 Å². The summed E-state index contributed by atoms with van der Waals surface area (Å²) in [5.74, 6) is -0.268. The SMILES string of the molecule is CC(NC1C=CS(=O)(=O)C1)c1cc(Br)ccc1F. The molecule has 1 aliphatic heterocycles. The van der Waals surface area contributed by atoms with Crippen LogP contribution in [0, 0.1) is 5.82 Å². The van der Waals surface area contributed by atoms with Gasteiger partial charge < -0.3 is 5.32 Å². The molecule has 0 spiro atoms. The van der Waals surface area contributed by atoms with Gasteiger partial charge in [-0.15, -0.1) is 0 Å². The van der Waals surface area contributed by atoms with E-state index in [-0.39, 0.29) is 23.7 Å². The summed E-state index contributed by atoms with van der Waals surface area (Å²) in [6.45, 7) is 1.81. The lowest BCUT2D eigenvalue weighted by atomic mass is 10.1. The maximum Gasteiger partial charge on any atom is 0.173 e. The summed E-state index contributed by atoms with van der Waals surface area (Å²) in [5.41, 5.74) is 0.516. The molecule has 2 rings (SSSR count). The van der Waals surface area contributed by atoms with E-state index in [1.807, 2.05) is 6.92 Å². The van der Waals surface area contributed by atoms with Gasteiger partial charge in [0.15, 0.2) is 9.84 Å². The van der Waals surface area contributed by atoms with Crippen molar-refractivity contribution in [2.24, 2.45) is 0 Å². The van der Waals surface area contributed by atoms with Crippen molar-refractivity contribution >= 4 is 25.8 Å². The zero-order valence-electron chi connectivity index (χ0n) is 9.73. The van der Waals surface area contributed by atoms with Crippen LogP contribution in [-0.2, 0) is 9.84 Å². The normalized spacial score (nSPS) is 23.2. The first-order valence-electron chi connectivity index (χ1n) is 5.49. The second kappa shape index (κ2) is 5.11. The van der Waals surface area contributed by atoms with Crippen LogP contribution in [-0.4, -0.2) is 20.2 Å². The molecule has 1 N–H and O–H groups in total. The van der Waals surface area contributed by atoms with E-state index in [1.165, 1.54) is 11.5 Å². The van der Waals surface area contributed by atoms with Crippen molar-refractivity contribution in [3.63, 3.8) is 0 Å². The first-order chi connectivity index (χ1) is 8.37. The molecular formula is C12H13BrFNO2S. The molecule has 1 aromatic rings. The van der Waals surface area contributed by atoms with Gasteiger partial charge in [0.05, 0.1) is 5.75 Å². The zero-order chi connectivity index (χ0) is 13.3. The van der Waals surface area contributed by atoms with Gasteiger partial charge in [-0.1, -0.05) is 22.0 Å². The standard InChI is InChI=1S/C12H13BrFNO2S/c1-8(11-6-9(13)2-3-12(11)14)15-10-4-5-18(16,17)7-10/h2-6,8,10,15H,7H2,1H3. The van der Waals surface area contributed by atoms with Gasteiger partial charge in [0.1, 0.15) is 5.82 Å². The lowest BCUT2D eigenvalue weighted by Crippen LogP contribution is -2.32. The maximum absolute atomic E-state index is 13.6. The minimum atomic E-state index is -3.09. The van der Waals surface area contributed by atoms with Crippen molar-refractivity contribution in [2.45, 2.75) is 19.0 Å². The fraction of sp³-hybridized carbons (Fsp3) is 0.333. The summed E-state index contributed by atoms with van der Waals surface area (Å²) in [4.78, 5) is 0. The highest BCUT2D eigenvalue weighted by molar-refractivity contribution is 9.10. The molecule has 2 unspecified atom stereocenters. The van der Waals surface area contributed by atoms with Crippen molar-refractivity contribution in [1.29, 1.82) is 0 Å². The second-order valence-electron chi connectivity index (χ2n) is 4.32. The highest BCUT2D eigenvalue weighted by Gasteiger charge is 2.23. The summed E-state index contributed by atoms with van der Waals surface area (Å²) in [7, 11) is -3.09. The Labute approximate surface area is 114 Å². The molecule has 0 aromatic heterocycles. The number of halogens is 2. The minimum absolute atomic E-state index is 0.0347. The molecule has 98 valence electrons. The van der Waals surface area contributed by atoms with Gasteiger partial charge in [-0.05, 0) is 25.1 Å². The monoisotopic (exact) mass is 333 g/mol. The Hall–Kier alpha value is -0.720. The predicted molar refractivity (Wildman–Crippen MR) is 72.4 cm³/mol. The Kier molecular flexibility index (Phi) is 3.89. The lowest BCUT2D eigenvalue weighted by molar-refractivity contribution is 0.505. The van der Waals surface area contributed by atoms with Crippen molar-refractivity contribution in [3.8, 4) is 0 Å². The molecule has 3 nitrogen and oxygen atoms in total. The molecule has 0 amide bonds. The van der Waals surface area contributed by atoms with E-state index in [0.29, 0.717) is 5.56 Å². The highest BCUT2D eigenvalue weighted by atomic mass is 79.9. The van der Waals surface area contributed by atoms with Gasteiger partial charge in [0, 0.05) is 27.5 Å². The first kappa shape index (κ1) is 13.7. The third-order valence-electron chi connectivity index (χ3n) is 2.82. The quantitative estimate of drug-likeness (QED) is 0.924. The molecule has 0 fully saturated rings. The molecule has 0 saturated carbocycles. The average Bonchev–Trinajstić information content (AvgIpc) is 2.61. The minimum Gasteiger partial charge on any atom is -0.303 e. The third-order valence-corrected chi connectivity index (χ3v) is 4.71. The first-order valence-corrected chi connectivity index (χ1v) is 8.00. The summed E-state index contributed by atoms with van der Waals surface area (Å²) in [6.07, 6.45) is 1.60. The second-order valence-corrected chi connectivity index (χ2v) is 7.17. The van der Waals surface area contributed by atoms with E-state index in [9.17, 15) is 12.8 Å². The van der Waals surface area contributed by atoms with Gasteiger partial charge in [0.2, 0.25) is 0 Å². The molecule has 6 heteroatoms. The highest BCUT2D eigenvalue weighted by Crippen LogP contribution is 2.23. The lowest BCUT2D eigenvalue weighted by Gasteiger charge is -2.18. The topological polar surface area (TPSA) is 46.2 Å². The Balaban J connectivity index is 2.11. The van der Waals surface area contributed by atoms with E-state index in [2.05, 4.69) is 21.2 Å². The molecule has 1 aliphatic rings. The van der Waals surface area contributed by atoms with Crippen LogP contribution >= 0.6 is 15.9 Å². The van der Waals surface area contributed by atoms with E-state index in [4.69, 9.17) is 0 Å². The Morgan fingerprint density at radius 1 is 1.50 bits per heavy atom. The molecule has 0 bridgehead atoms. The number of sulfone groups is 1. The summed E-state index contributed by atoms with van der Waals surface area (Å²) >= 11 is 3.29. The predicted octanol–water partition coefficient (Wildman–Crippen LogP) is 2.55. The molecule has 2 atom stereocenters. The number of nitrogens with one attached hydrogen (secondary N) is 1. The van der Waals surface area contributed by atoms with Crippen LogP contribution in [0.25, 0.3) is 0 Å². The van der Waals surface area contributed by atoms with Crippen molar-refractivity contribution in [1.82, 2.24) is 5.32 Å². The zero-order valence-corrected chi connectivity index (χ0v) is 12.1. The molecule has 0 radical (unpaired) electrons. The van der Waals surface area contributed by atoms with Crippen LogP contribution in [0.3, 0.4) is 0 Å². The average molecular weight is 334 g/mol. The molecule has 1 aromatic carbocycles. The molecule has 0 aliphatic carbocycles. The van der Waals surface area contributed by atoms with Crippen LogP contribution in [0.2, 0.25) is 0 Å². The van der Waals surface area contributed by atoms with Gasteiger partial charge >= 0.3 is 0 Å². The third kappa shape index (κ3) is 3.18. The smallest absolute Gasteiger partial charge is 0.173 e. The summed E-state index contributed by atoms with van der Waals surface area (Å²) < 4.78 is 37.0. The van der Waals surface area contributed by atoms with Crippen LogP contribution in [0.15, 0.2) is 34.2 Å². The van der Waals surface area contributed by atoms with E-state index >= 15 is 0 Å².